The number of anilines is 1. The summed E-state index contributed by atoms with van der Waals surface area (Å²) in [6.45, 7) is 2.36. The van der Waals surface area contributed by atoms with Gasteiger partial charge in [0.2, 0.25) is 0 Å². The molecule has 3 aromatic carbocycles. The molecular weight excluding hydrogens is 435 g/mol. The molecule has 4 aromatic rings. The summed E-state index contributed by atoms with van der Waals surface area (Å²) in [6.07, 6.45) is 0. The lowest BCUT2D eigenvalue weighted by Crippen LogP contribution is -2.13. The van der Waals surface area contributed by atoms with Gasteiger partial charge in [-0.1, -0.05) is 30.3 Å². The topological polar surface area (TPSA) is 68.3 Å². The fraction of sp³-hybridized carbons (Fsp3) is 0.0870. The number of rotatable bonds is 7. The molecule has 0 bridgehead atoms. The molecule has 0 unspecified atom stereocenters. The number of ether oxygens (including phenoxy) is 1. The third kappa shape index (κ3) is 4.60. The Balaban J connectivity index is 1.64. The van der Waals surface area contributed by atoms with Crippen LogP contribution in [0.3, 0.4) is 0 Å². The van der Waals surface area contributed by atoms with Crippen molar-refractivity contribution in [3.8, 4) is 27.6 Å². The minimum absolute atomic E-state index is 0.121. The van der Waals surface area contributed by atoms with Gasteiger partial charge in [0.05, 0.1) is 22.9 Å². The van der Waals surface area contributed by atoms with E-state index in [0.717, 1.165) is 0 Å². The Hall–Kier alpha value is -3.23. The lowest BCUT2D eigenvalue weighted by atomic mass is 10.1. The molecule has 0 aliphatic carbocycles. The van der Waals surface area contributed by atoms with E-state index in [1.165, 1.54) is 29.5 Å². The standard InChI is InChI=1S/C23H19FN2O3S2/c1-2-29-16-11-13-17(14-12-16)31(27,28)26-21-10-6-4-8-19(21)22-15-30-23(25-22)18-7-3-5-9-20(18)24/h3-15,26H,2H2,1H3. The number of para-hydroxylation sites is 1. The van der Waals surface area contributed by atoms with Crippen molar-refractivity contribution in [1.29, 1.82) is 0 Å². The minimum atomic E-state index is -3.82. The third-order valence-electron chi connectivity index (χ3n) is 4.50. The Morgan fingerprint density at radius 1 is 0.968 bits per heavy atom. The molecule has 5 nitrogen and oxygen atoms in total. The Kier molecular flexibility index (Phi) is 6.01. The van der Waals surface area contributed by atoms with Crippen LogP contribution in [0, 0.1) is 5.82 Å². The number of halogens is 1. The summed E-state index contributed by atoms with van der Waals surface area (Å²) in [7, 11) is -3.82. The predicted molar refractivity (Wildman–Crippen MR) is 121 cm³/mol. The fourth-order valence-electron chi connectivity index (χ4n) is 3.04. The van der Waals surface area contributed by atoms with Gasteiger partial charge < -0.3 is 4.74 Å². The van der Waals surface area contributed by atoms with Crippen molar-refractivity contribution in [3.63, 3.8) is 0 Å². The molecule has 0 atom stereocenters. The highest BCUT2D eigenvalue weighted by Gasteiger charge is 2.18. The zero-order valence-corrected chi connectivity index (χ0v) is 18.2. The van der Waals surface area contributed by atoms with Crippen molar-refractivity contribution in [3.05, 3.63) is 84.0 Å². The van der Waals surface area contributed by atoms with E-state index in [1.54, 1.807) is 60.0 Å². The second-order valence-corrected chi connectivity index (χ2v) is 9.11. The highest BCUT2D eigenvalue weighted by Crippen LogP contribution is 2.34. The first-order valence-corrected chi connectivity index (χ1v) is 11.9. The van der Waals surface area contributed by atoms with Crippen LogP contribution in [0.4, 0.5) is 10.1 Å². The van der Waals surface area contributed by atoms with E-state index in [4.69, 9.17) is 4.74 Å². The van der Waals surface area contributed by atoms with Crippen molar-refractivity contribution in [2.24, 2.45) is 0 Å². The van der Waals surface area contributed by atoms with E-state index in [2.05, 4.69) is 9.71 Å². The molecule has 0 saturated carbocycles. The molecule has 0 spiro atoms. The normalized spacial score (nSPS) is 11.3. The molecule has 0 aliphatic heterocycles. The van der Waals surface area contributed by atoms with Crippen molar-refractivity contribution < 1.29 is 17.5 Å². The molecule has 31 heavy (non-hydrogen) atoms. The minimum Gasteiger partial charge on any atom is -0.494 e. The van der Waals surface area contributed by atoms with Crippen LogP contribution >= 0.6 is 11.3 Å². The fourth-order valence-corrected chi connectivity index (χ4v) is 4.96. The van der Waals surface area contributed by atoms with Gasteiger partial charge in [0.1, 0.15) is 16.6 Å². The number of aromatic nitrogens is 1. The maximum atomic E-state index is 14.1. The predicted octanol–water partition coefficient (Wildman–Crippen LogP) is 5.82. The van der Waals surface area contributed by atoms with E-state index in [9.17, 15) is 12.8 Å². The molecule has 8 heteroatoms. The zero-order chi connectivity index (χ0) is 21.8. The first-order valence-electron chi connectivity index (χ1n) is 9.53. The maximum absolute atomic E-state index is 14.1. The number of benzene rings is 3. The van der Waals surface area contributed by atoms with Gasteiger partial charge in [0.15, 0.2) is 0 Å². The van der Waals surface area contributed by atoms with Crippen molar-refractivity contribution in [1.82, 2.24) is 4.98 Å². The van der Waals surface area contributed by atoms with Crippen LogP contribution in [0.2, 0.25) is 0 Å². The van der Waals surface area contributed by atoms with Crippen molar-refractivity contribution in [2.45, 2.75) is 11.8 Å². The van der Waals surface area contributed by atoms with Crippen molar-refractivity contribution in [2.75, 3.05) is 11.3 Å². The van der Waals surface area contributed by atoms with E-state index < -0.39 is 10.0 Å². The quantitative estimate of drug-likeness (QED) is 0.382. The van der Waals surface area contributed by atoms with Crippen LogP contribution in [0.5, 0.6) is 5.75 Å². The maximum Gasteiger partial charge on any atom is 0.261 e. The molecule has 4 rings (SSSR count). The average molecular weight is 455 g/mol. The van der Waals surface area contributed by atoms with Gasteiger partial charge in [0.25, 0.3) is 10.0 Å². The summed E-state index contributed by atoms with van der Waals surface area (Å²) >= 11 is 1.30. The van der Waals surface area contributed by atoms with Crippen LogP contribution in [0.1, 0.15) is 6.92 Å². The van der Waals surface area contributed by atoms with Crippen LogP contribution in [0.25, 0.3) is 21.8 Å². The number of hydrogen-bond donors (Lipinski definition) is 1. The van der Waals surface area contributed by atoms with Crippen LogP contribution in [0.15, 0.2) is 83.1 Å². The number of sulfonamides is 1. The number of thiazole rings is 1. The Bertz CT molecular complexity index is 1300. The summed E-state index contributed by atoms with van der Waals surface area (Å²) in [4.78, 5) is 4.66. The third-order valence-corrected chi connectivity index (χ3v) is 6.76. The highest BCUT2D eigenvalue weighted by molar-refractivity contribution is 7.92. The van der Waals surface area contributed by atoms with E-state index in [0.29, 0.717) is 39.9 Å². The Morgan fingerprint density at radius 2 is 1.65 bits per heavy atom. The lowest BCUT2D eigenvalue weighted by molar-refractivity contribution is 0.340. The van der Waals surface area contributed by atoms with Gasteiger partial charge in [0, 0.05) is 16.5 Å². The second-order valence-electron chi connectivity index (χ2n) is 6.57. The van der Waals surface area contributed by atoms with E-state index in [1.807, 2.05) is 6.92 Å². The number of nitrogens with one attached hydrogen (secondary N) is 1. The molecule has 1 N–H and O–H groups in total. The molecule has 158 valence electrons. The molecule has 0 radical (unpaired) electrons. The molecular formula is C23H19FN2O3S2. The van der Waals surface area contributed by atoms with Crippen molar-refractivity contribution >= 4 is 27.0 Å². The lowest BCUT2D eigenvalue weighted by Gasteiger charge is -2.12. The Labute approximate surface area is 184 Å². The van der Waals surface area contributed by atoms with E-state index >= 15 is 0 Å². The number of hydrogen-bond acceptors (Lipinski definition) is 5. The summed E-state index contributed by atoms with van der Waals surface area (Å²) in [5, 5.41) is 2.31. The molecule has 0 fully saturated rings. The summed E-state index contributed by atoms with van der Waals surface area (Å²) < 4.78 is 47.9. The molecule has 1 aromatic heterocycles. The Morgan fingerprint density at radius 3 is 2.35 bits per heavy atom. The van der Waals surface area contributed by atoms with Gasteiger partial charge in [-0.2, -0.15) is 0 Å². The van der Waals surface area contributed by atoms with Gasteiger partial charge in [-0.15, -0.1) is 11.3 Å². The largest absolute Gasteiger partial charge is 0.494 e. The first kappa shape index (κ1) is 21.0. The smallest absolute Gasteiger partial charge is 0.261 e. The molecule has 0 aliphatic rings. The van der Waals surface area contributed by atoms with Crippen LogP contribution in [-0.4, -0.2) is 20.0 Å². The monoisotopic (exact) mass is 454 g/mol. The van der Waals surface area contributed by atoms with Gasteiger partial charge in [-0.05, 0) is 49.4 Å². The van der Waals surface area contributed by atoms with Crippen LogP contribution < -0.4 is 9.46 Å². The number of nitrogens with zero attached hydrogens (tertiary/aromatic N) is 1. The summed E-state index contributed by atoms with van der Waals surface area (Å²) in [5.74, 6) is 0.248. The second kappa shape index (κ2) is 8.87. The molecule has 1 heterocycles. The van der Waals surface area contributed by atoms with Crippen LogP contribution in [-0.2, 0) is 10.0 Å². The first-order chi connectivity index (χ1) is 15.0. The summed E-state index contributed by atoms with van der Waals surface area (Å²) in [5.41, 5.74) is 1.97. The SMILES string of the molecule is CCOc1ccc(S(=O)(=O)Nc2ccccc2-c2csc(-c3ccccc3F)n2)cc1. The van der Waals surface area contributed by atoms with Gasteiger partial charge in [-0.3, -0.25) is 4.72 Å². The summed E-state index contributed by atoms with van der Waals surface area (Å²) in [6, 6.07) is 19.6. The molecule has 0 amide bonds. The zero-order valence-electron chi connectivity index (χ0n) is 16.6. The highest BCUT2D eigenvalue weighted by atomic mass is 32.2. The van der Waals surface area contributed by atoms with Gasteiger partial charge in [-0.25, -0.2) is 17.8 Å². The molecule has 0 saturated heterocycles. The average Bonchev–Trinajstić information content (AvgIpc) is 3.25. The van der Waals surface area contributed by atoms with Gasteiger partial charge >= 0.3 is 0 Å². The van der Waals surface area contributed by atoms with E-state index in [-0.39, 0.29) is 10.7 Å².